The van der Waals surface area contributed by atoms with Crippen molar-refractivity contribution in [1.29, 1.82) is 0 Å². The first-order chi connectivity index (χ1) is 12.2. The highest BCUT2D eigenvalue weighted by Crippen LogP contribution is 2.25. The van der Waals surface area contributed by atoms with E-state index in [0.717, 1.165) is 43.6 Å². The summed E-state index contributed by atoms with van der Waals surface area (Å²) in [7, 11) is 0. The van der Waals surface area contributed by atoms with Crippen molar-refractivity contribution in [2.24, 2.45) is 5.92 Å². The average Bonchev–Trinajstić information content (AvgIpc) is 3.04. The molecule has 0 saturated carbocycles. The molecule has 1 N–H and O–H groups in total. The zero-order valence-corrected chi connectivity index (χ0v) is 14.6. The van der Waals surface area contributed by atoms with Crippen LogP contribution in [0.1, 0.15) is 17.3 Å². The average molecular weight is 340 g/mol. The number of H-pyrrole nitrogens is 1. The van der Waals surface area contributed by atoms with E-state index in [-0.39, 0.29) is 17.7 Å². The third-order valence-corrected chi connectivity index (χ3v) is 5.47. The van der Waals surface area contributed by atoms with Crippen molar-refractivity contribution in [3.63, 3.8) is 0 Å². The number of benzene rings is 1. The first-order valence-corrected chi connectivity index (χ1v) is 9.04. The van der Waals surface area contributed by atoms with E-state index in [2.05, 4.69) is 16.8 Å². The second kappa shape index (κ2) is 6.52. The molecular formula is C19H24N4O2. The second-order valence-electron chi connectivity index (χ2n) is 6.91. The van der Waals surface area contributed by atoms with E-state index in [1.54, 1.807) is 11.1 Å². The maximum absolute atomic E-state index is 12.7. The Labute approximate surface area is 147 Å². The van der Waals surface area contributed by atoms with Crippen LogP contribution in [0.2, 0.25) is 0 Å². The Morgan fingerprint density at radius 2 is 1.80 bits per heavy atom. The number of likely N-dealkylation sites (tertiary alicyclic amines) is 1. The quantitative estimate of drug-likeness (QED) is 0.919. The molecule has 0 spiro atoms. The molecule has 0 atom stereocenters. The molecule has 2 aliphatic heterocycles. The van der Waals surface area contributed by atoms with Gasteiger partial charge in [0.05, 0.1) is 11.5 Å². The van der Waals surface area contributed by atoms with Gasteiger partial charge in [-0.3, -0.25) is 9.59 Å². The minimum absolute atomic E-state index is 0.0114. The van der Waals surface area contributed by atoms with Crippen LogP contribution in [0.15, 0.2) is 30.5 Å². The topological polar surface area (TPSA) is 59.6 Å². The SMILES string of the molecule is CCN1CCN(C(=O)C2CN(C(=O)c3c[nH]c4ccccc34)C2)CC1. The van der Waals surface area contributed by atoms with E-state index in [4.69, 9.17) is 0 Å². The number of piperazine rings is 1. The van der Waals surface area contributed by atoms with Gasteiger partial charge in [-0.25, -0.2) is 0 Å². The van der Waals surface area contributed by atoms with Crippen LogP contribution < -0.4 is 0 Å². The summed E-state index contributed by atoms with van der Waals surface area (Å²) in [4.78, 5) is 34.5. The number of carbonyl (C=O) groups is 2. The van der Waals surface area contributed by atoms with Gasteiger partial charge >= 0.3 is 0 Å². The van der Waals surface area contributed by atoms with Crippen LogP contribution >= 0.6 is 0 Å². The van der Waals surface area contributed by atoms with Crippen molar-refractivity contribution in [1.82, 2.24) is 19.7 Å². The molecule has 132 valence electrons. The first kappa shape index (κ1) is 16.1. The largest absolute Gasteiger partial charge is 0.360 e. The molecular weight excluding hydrogens is 316 g/mol. The molecule has 6 nitrogen and oxygen atoms in total. The van der Waals surface area contributed by atoms with Crippen molar-refractivity contribution < 1.29 is 9.59 Å². The highest BCUT2D eigenvalue weighted by molar-refractivity contribution is 6.07. The molecule has 0 unspecified atom stereocenters. The molecule has 6 heteroatoms. The van der Waals surface area contributed by atoms with Gasteiger partial charge in [-0.1, -0.05) is 25.1 Å². The number of rotatable bonds is 3. The van der Waals surface area contributed by atoms with E-state index in [1.807, 2.05) is 29.2 Å². The lowest BCUT2D eigenvalue weighted by molar-refractivity contribution is -0.141. The summed E-state index contributed by atoms with van der Waals surface area (Å²) in [5.41, 5.74) is 1.66. The van der Waals surface area contributed by atoms with Gasteiger partial charge < -0.3 is 19.7 Å². The number of nitrogens with one attached hydrogen (secondary N) is 1. The Bertz CT molecular complexity index is 786. The number of nitrogens with zero attached hydrogens (tertiary/aromatic N) is 3. The molecule has 0 bridgehead atoms. The Morgan fingerprint density at radius 3 is 2.52 bits per heavy atom. The summed E-state index contributed by atoms with van der Waals surface area (Å²) in [5.74, 6) is 0.179. The van der Waals surface area contributed by atoms with Crippen LogP contribution in [0.5, 0.6) is 0 Å². The van der Waals surface area contributed by atoms with E-state index >= 15 is 0 Å². The van der Waals surface area contributed by atoms with Crippen molar-refractivity contribution in [3.05, 3.63) is 36.0 Å². The molecule has 2 aromatic rings. The number of para-hydroxylation sites is 1. The molecule has 0 radical (unpaired) electrons. The lowest BCUT2D eigenvalue weighted by atomic mass is 9.96. The lowest BCUT2D eigenvalue weighted by Gasteiger charge is -2.42. The molecule has 2 fully saturated rings. The monoisotopic (exact) mass is 340 g/mol. The molecule has 25 heavy (non-hydrogen) atoms. The second-order valence-corrected chi connectivity index (χ2v) is 6.91. The number of likely N-dealkylation sites (N-methyl/N-ethyl adjacent to an activating group) is 1. The van der Waals surface area contributed by atoms with Gasteiger partial charge in [0.15, 0.2) is 0 Å². The van der Waals surface area contributed by atoms with Crippen molar-refractivity contribution in [2.45, 2.75) is 6.92 Å². The highest BCUT2D eigenvalue weighted by Gasteiger charge is 2.39. The summed E-state index contributed by atoms with van der Waals surface area (Å²) >= 11 is 0. The van der Waals surface area contributed by atoms with Gasteiger partial charge in [0.25, 0.3) is 5.91 Å². The Balaban J connectivity index is 1.35. The number of hydrogen-bond acceptors (Lipinski definition) is 3. The van der Waals surface area contributed by atoms with Gasteiger partial charge in [-0.15, -0.1) is 0 Å². The van der Waals surface area contributed by atoms with E-state index < -0.39 is 0 Å². The smallest absolute Gasteiger partial charge is 0.256 e. The van der Waals surface area contributed by atoms with Crippen LogP contribution in [0.3, 0.4) is 0 Å². The van der Waals surface area contributed by atoms with Gasteiger partial charge in [0, 0.05) is 56.4 Å². The molecule has 0 aliphatic carbocycles. The van der Waals surface area contributed by atoms with Crippen LogP contribution in [0.4, 0.5) is 0 Å². The van der Waals surface area contributed by atoms with Crippen molar-refractivity contribution in [2.75, 3.05) is 45.8 Å². The summed E-state index contributed by atoms with van der Waals surface area (Å²) < 4.78 is 0. The van der Waals surface area contributed by atoms with Crippen LogP contribution in [0.25, 0.3) is 10.9 Å². The first-order valence-electron chi connectivity index (χ1n) is 9.04. The summed E-state index contributed by atoms with van der Waals surface area (Å²) in [5, 5.41) is 0.943. The Morgan fingerprint density at radius 1 is 1.08 bits per heavy atom. The van der Waals surface area contributed by atoms with E-state index in [1.165, 1.54) is 0 Å². The predicted molar refractivity (Wildman–Crippen MR) is 96.4 cm³/mol. The maximum atomic E-state index is 12.7. The fourth-order valence-electron chi connectivity index (χ4n) is 3.76. The van der Waals surface area contributed by atoms with Crippen LogP contribution in [-0.2, 0) is 4.79 Å². The third-order valence-electron chi connectivity index (χ3n) is 5.47. The Kier molecular flexibility index (Phi) is 4.21. The molecule has 2 amide bonds. The molecule has 1 aromatic carbocycles. The fraction of sp³-hybridized carbons (Fsp3) is 0.474. The molecule has 1 aromatic heterocycles. The minimum atomic E-state index is -0.0395. The fourth-order valence-corrected chi connectivity index (χ4v) is 3.76. The lowest BCUT2D eigenvalue weighted by Crippen LogP contribution is -2.59. The number of amides is 2. The number of carbonyl (C=O) groups excluding carboxylic acids is 2. The maximum Gasteiger partial charge on any atom is 0.256 e. The van der Waals surface area contributed by atoms with Crippen molar-refractivity contribution >= 4 is 22.7 Å². The van der Waals surface area contributed by atoms with E-state index in [9.17, 15) is 9.59 Å². The molecule has 2 aliphatic rings. The molecule has 2 saturated heterocycles. The summed E-state index contributed by atoms with van der Waals surface area (Å²) in [6.07, 6.45) is 1.77. The number of aromatic amines is 1. The number of aromatic nitrogens is 1. The minimum Gasteiger partial charge on any atom is -0.360 e. The van der Waals surface area contributed by atoms with Gasteiger partial charge in [0.2, 0.25) is 5.91 Å². The highest BCUT2D eigenvalue weighted by atomic mass is 16.2. The summed E-state index contributed by atoms with van der Waals surface area (Å²) in [6, 6.07) is 7.80. The van der Waals surface area contributed by atoms with Gasteiger partial charge in [-0.05, 0) is 12.6 Å². The Hall–Kier alpha value is -2.34. The van der Waals surface area contributed by atoms with E-state index in [0.29, 0.717) is 18.7 Å². The number of hydrogen-bond donors (Lipinski definition) is 1. The zero-order valence-electron chi connectivity index (χ0n) is 14.6. The molecule has 4 rings (SSSR count). The van der Waals surface area contributed by atoms with Crippen LogP contribution in [-0.4, -0.2) is 77.3 Å². The molecule has 3 heterocycles. The summed E-state index contributed by atoms with van der Waals surface area (Å²) in [6.45, 7) is 7.77. The standard InChI is InChI=1S/C19H24N4O2/c1-2-21-7-9-22(10-8-21)18(24)14-12-23(13-14)19(25)16-11-20-17-6-4-3-5-15(16)17/h3-6,11,14,20H,2,7-10,12-13H2,1H3. The zero-order chi connectivity index (χ0) is 17.4. The normalized spacial score (nSPS) is 19.2. The van der Waals surface area contributed by atoms with Crippen LogP contribution in [0, 0.1) is 5.92 Å². The van der Waals surface area contributed by atoms with Crippen molar-refractivity contribution in [3.8, 4) is 0 Å². The van der Waals surface area contributed by atoms with Gasteiger partial charge in [-0.2, -0.15) is 0 Å². The third kappa shape index (κ3) is 2.91. The van der Waals surface area contributed by atoms with Gasteiger partial charge in [0.1, 0.15) is 0 Å². The number of fused-ring (bicyclic) bond motifs is 1. The predicted octanol–water partition coefficient (Wildman–Crippen LogP) is 1.40.